The summed E-state index contributed by atoms with van der Waals surface area (Å²) in [7, 11) is 0. The SMILES string of the molecule is O=C1NC(=O)N(c2ccccc2)C(=O)/C1=C/c1cc(Br)c(OCc2cccc(Cl)c2)c(Br)c1. The van der Waals surface area contributed by atoms with Gasteiger partial charge >= 0.3 is 6.03 Å². The number of rotatable bonds is 5. The van der Waals surface area contributed by atoms with Crippen molar-refractivity contribution in [2.24, 2.45) is 0 Å². The molecule has 4 amide bonds. The first-order valence-electron chi connectivity index (χ1n) is 9.66. The zero-order chi connectivity index (χ0) is 23.5. The zero-order valence-corrected chi connectivity index (χ0v) is 20.8. The molecule has 0 aliphatic carbocycles. The van der Waals surface area contributed by atoms with E-state index in [0.29, 0.717) is 37.6 Å². The van der Waals surface area contributed by atoms with Crippen LogP contribution < -0.4 is 15.0 Å². The minimum absolute atomic E-state index is 0.162. The van der Waals surface area contributed by atoms with Gasteiger partial charge in [-0.2, -0.15) is 0 Å². The molecule has 0 spiro atoms. The van der Waals surface area contributed by atoms with Crippen LogP contribution in [-0.2, 0) is 16.2 Å². The van der Waals surface area contributed by atoms with Crippen molar-refractivity contribution < 1.29 is 19.1 Å². The Labute approximate surface area is 211 Å². The summed E-state index contributed by atoms with van der Waals surface area (Å²) in [5.41, 5.74) is 1.67. The van der Waals surface area contributed by atoms with Gasteiger partial charge in [0.25, 0.3) is 11.8 Å². The van der Waals surface area contributed by atoms with Crippen molar-refractivity contribution in [1.82, 2.24) is 5.32 Å². The van der Waals surface area contributed by atoms with Gasteiger partial charge in [0, 0.05) is 5.02 Å². The van der Waals surface area contributed by atoms with E-state index in [9.17, 15) is 14.4 Å². The third-order valence-electron chi connectivity index (χ3n) is 4.72. The molecule has 0 saturated carbocycles. The first kappa shape index (κ1) is 23.2. The second kappa shape index (κ2) is 9.91. The van der Waals surface area contributed by atoms with Crippen molar-refractivity contribution >= 4 is 73.1 Å². The average Bonchev–Trinajstić information content (AvgIpc) is 2.77. The van der Waals surface area contributed by atoms with Crippen LogP contribution in [0, 0.1) is 0 Å². The molecule has 0 radical (unpaired) electrons. The van der Waals surface area contributed by atoms with Crippen LogP contribution >= 0.6 is 43.5 Å². The Morgan fingerprint density at radius 1 is 0.939 bits per heavy atom. The largest absolute Gasteiger partial charge is 0.487 e. The second-order valence-corrected chi connectivity index (χ2v) is 9.17. The van der Waals surface area contributed by atoms with Crippen molar-refractivity contribution in [2.75, 3.05) is 4.90 Å². The van der Waals surface area contributed by atoms with Crippen LogP contribution in [0.1, 0.15) is 11.1 Å². The van der Waals surface area contributed by atoms with Crippen molar-refractivity contribution in [3.8, 4) is 5.75 Å². The number of barbiturate groups is 1. The molecule has 6 nitrogen and oxygen atoms in total. The van der Waals surface area contributed by atoms with Crippen LogP contribution in [0.5, 0.6) is 5.75 Å². The maximum Gasteiger partial charge on any atom is 0.335 e. The molecule has 9 heteroatoms. The van der Waals surface area contributed by atoms with E-state index in [4.69, 9.17) is 16.3 Å². The van der Waals surface area contributed by atoms with Gasteiger partial charge < -0.3 is 4.74 Å². The number of nitrogens with zero attached hydrogens (tertiary/aromatic N) is 1. The topological polar surface area (TPSA) is 75.7 Å². The highest BCUT2D eigenvalue weighted by molar-refractivity contribution is 9.11. The fraction of sp³-hybridized carbons (Fsp3) is 0.0417. The Morgan fingerprint density at radius 2 is 1.64 bits per heavy atom. The number of anilines is 1. The molecule has 0 unspecified atom stereocenters. The summed E-state index contributed by atoms with van der Waals surface area (Å²) in [5, 5.41) is 2.83. The summed E-state index contributed by atoms with van der Waals surface area (Å²) in [5.74, 6) is -0.910. The summed E-state index contributed by atoms with van der Waals surface area (Å²) in [6.07, 6.45) is 1.43. The third kappa shape index (κ3) is 5.19. The molecule has 0 atom stereocenters. The van der Waals surface area contributed by atoms with Gasteiger partial charge in [-0.1, -0.05) is 41.9 Å². The molecule has 0 bridgehead atoms. The Kier molecular flexibility index (Phi) is 6.97. The lowest BCUT2D eigenvalue weighted by Gasteiger charge is -2.26. The number of benzene rings is 3. The number of para-hydroxylation sites is 1. The standard InChI is InChI=1S/C24H15Br2ClN2O4/c25-19-11-15(12-20(26)21(19)33-13-14-5-4-6-16(27)9-14)10-18-22(30)28-24(32)29(23(18)31)17-7-2-1-3-8-17/h1-12H,13H2,(H,28,30,32)/b18-10+. The molecule has 1 fully saturated rings. The number of nitrogens with one attached hydrogen (secondary N) is 1. The lowest BCUT2D eigenvalue weighted by Crippen LogP contribution is -2.54. The maximum atomic E-state index is 13.0. The molecule has 4 rings (SSSR count). The van der Waals surface area contributed by atoms with E-state index in [2.05, 4.69) is 37.2 Å². The van der Waals surface area contributed by atoms with Gasteiger partial charge in [0.15, 0.2) is 0 Å². The molecular formula is C24H15Br2ClN2O4. The van der Waals surface area contributed by atoms with E-state index in [1.165, 1.54) is 6.08 Å². The molecule has 3 aromatic rings. The zero-order valence-electron chi connectivity index (χ0n) is 16.8. The first-order valence-corrected chi connectivity index (χ1v) is 11.6. The minimum atomic E-state index is -0.791. The lowest BCUT2D eigenvalue weighted by atomic mass is 10.1. The smallest absolute Gasteiger partial charge is 0.335 e. The van der Waals surface area contributed by atoms with Gasteiger partial charge in [-0.15, -0.1) is 0 Å². The van der Waals surface area contributed by atoms with Crippen LogP contribution in [-0.4, -0.2) is 17.8 Å². The highest BCUT2D eigenvalue weighted by Crippen LogP contribution is 2.36. The predicted octanol–water partition coefficient (Wildman–Crippen LogP) is 6.11. The molecule has 33 heavy (non-hydrogen) atoms. The summed E-state index contributed by atoms with van der Waals surface area (Å²) in [6.45, 7) is 0.299. The van der Waals surface area contributed by atoms with Crippen molar-refractivity contribution in [3.63, 3.8) is 0 Å². The highest BCUT2D eigenvalue weighted by atomic mass is 79.9. The molecule has 1 N–H and O–H groups in total. The molecule has 1 aliphatic rings. The second-order valence-electron chi connectivity index (χ2n) is 7.03. The molecule has 1 saturated heterocycles. The third-order valence-corrected chi connectivity index (χ3v) is 6.13. The maximum absolute atomic E-state index is 13.0. The monoisotopic (exact) mass is 588 g/mol. The fourth-order valence-electron chi connectivity index (χ4n) is 3.22. The highest BCUT2D eigenvalue weighted by Gasteiger charge is 2.36. The van der Waals surface area contributed by atoms with E-state index in [-0.39, 0.29) is 5.57 Å². The number of carbonyl (C=O) groups is 3. The number of hydrogen-bond donors (Lipinski definition) is 1. The average molecular weight is 591 g/mol. The summed E-state index contributed by atoms with van der Waals surface area (Å²) >= 11 is 13.0. The van der Waals surface area contributed by atoms with Crippen molar-refractivity contribution in [1.29, 1.82) is 0 Å². The Balaban J connectivity index is 1.60. The first-order chi connectivity index (χ1) is 15.8. The predicted molar refractivity (Wildman–Crippen MR) is 133 cm³/mol. The van der Waals surface area contributed by atoms with E-state index < -0.39 is 17.8 Å². The van der Waals surface area contributed by atoms with E-state index in [0.717, 1.165) is 10.5 Å². The van der Waals surface area contributed by atoms with E-state index in [1.54, 1.807) is 48.5 Å². The van der Waals surface area contributed by atoms with Crippen LogP contribution in [0.2, 0.25) is 5.02 Å². The van der Waals surface area contributed by atoms with Crippen molar-refractivity contribution in [3.05, 3.63) is 97.4 Å². The number of ether oxygens (including phenoxy) is 1. The number of halogens is 3. The normalized spacial score (nSPS) is 15.1. The van der Waals surface area contributed by atoms with E-state index in [1.807, 2.05) is 18.2 Å². The summed E-state index contributed by atoms with van der Waals surface area (Å²) in [4.78, 5) is 38.6. The lowest BCUT2D eigenvalue weighted by molar-refractivity contribution is -0.122. The van der Waals surface area contributed by atoms with Gasteiger partial charge in [0.05, 0.1) is 14.6 Å². The van der Waals surface area contributed by atoms with Crippen LogP contribution in [0.3, 0.4) is 0 Å². The van der Waals surface area contributed by atoms with Crippen LogP contribution in [0.15, 0.2) is 81.2 Å². The van der Waals surface area contributed by atoms with Crippen molar-refractivity contribution in [2.45, 2.75) is 6.61 Å². The number of carbonyl (C=O) groups excluding carboxylic acids is 3. The molecule has 1 aliphatic heterocycles. The molecular weight excluding hydrogens is 576 g/mol. The van der Waals surface area contributed by atoms with Gasteiger partial charge in [-0.25, -0.2) is 9.69 Å². The Bertz CT molecular complexity index is 1270. The van der Waals surface area contributed by atoms with Gasteiger partial charge in [-0.3, -0.25) is 14.9 Å². The minimum Gasteiger partial charge on any atom is -0.487 e. The summed E-state index contributed by atoms with van der Waals surface area (Å²) in [6, 6.07) is 18.4. The molecule has 1 heterocycles. The van der Waals surface area contributed by atoms with Gasteiger partial charge in [0.1, 0.15) is 17.9 Å². The fourth-order valence-corrected chi connectivity index (χ4v) is 4.88. The number of imide groups is 2. The number of urea groups is 1. The quantitative estimate of drug-likeness (QED) is 0.288. The molecule has 166 valence electrons. The number of hydrogen-bond acceptors (Lipinski definition) is 4. The van der Waals surface area contributed by atoms with E-state index >= 15 is 0 Å². The van der Waals surface area contributed by atoms with Crippen LogP contribution in [0.4, 0.5) is 10.5 Å². The van der Waals surface area contributed by atoms with Crippen LogP contribution in [0.25, 0.3) is 6.08 Å². The summed E-state index contributed by atoms with van der Waals surface area (Å²) < 4.78 is 7.14. The Hall–Kier alpha value is -2.94. The molecule has 0 aromatic heterocycles. The molecule has 3 aromatic carbocycles. The Morgan fingerprint density at radius 3 is 2.30 bits per heavy atom. The van der Waals surface area contributed by atoms with Gasteiger partial charge in [0.2, 0.25) is 0 Å². The number of amides is 4. The van der Waals surface area contributed by atoms with Gasteiger partial charge in [-0.05, 0) is 85.5 Å².